The molecule has 2 aromatic carbocycles. The van der Waals surface area contributed by atoms with Gasteiger partial charge in [0.1, 0.15) is 0 Å². The molecule has 4 atom stereocenters. The number of hydrogen-bond donors (Lipinski definition) is 2. The average Bonchev–Trinajstić information content (AvgIpc) is 2.94. The smallest absolute Gasteiger partial charge is 0.206 e. The summed E-state index contributed by atoms with van der Waals surface area (Å²) in [6, 6.07) is 14.6. The first-order valence-corrected chi connectivity index (χ1v) is 10.4. The molecule has 1 saturated heterocycles. The molecule has 1 fully saturated rings. The standard InChI is InChI=1S/C20H24N2O2S/c1-13-11-21-12-14(2)20-19(13)17-10-16(8-9-18(17)22-20)25(23,24)15-6-4-3-5-7-15/h3-10,13-14,19-22H,11-12H2,1-2H3/t13?,14?,19-,20?/m1/s1. The summed E-state index contributed by atoms with van der Waals surface area (Å²) in [5, 5.41) is 7.16. The second kappa shape index (κ2) is 6.15. The number of nitrogens with one attached hydrogen (secondary N) is 2. The Morgan fingerprint density at radius 1 is 0.920 bits per heavy atom. The first-order chi connectivity index (χ1) is 12.0. The highest BCUT2D eigenvalue weighted by molar-refractivity contribution is 7.91. The summed E-state index contributed by atoms with van der Waals surface area (Å²) in [6.07, 6.45) is 0. The van der Waals surface area contributed by atoms with Gasteiger partial charge in [-0.05, 0) is 60.8 Å². The summed E-state index contributed by atoms with van der Waals surface area (Å²) in [6.45, 7) is 6.45. The minimum absolute atomic E-state index is 0.339. The molecule has 0 aliphatic carbocycles. The zero-order chi connectivity index (χ0) is 17.6. The molecule has 2 aliphatic heterocycles. The lowest BCUT2D eigenvalue weighted by Crippen LogP contribution is -2.32. The fraction of sp³-hybridized carbons (Fsp3) is 0.400. The Labute approximate surface area is 149 Å². The zero-order valence-electron chi connectivity index (χ0n) is 14.6. The molecule has 4 nitrogen and oxygen atoms in total. The Balaban J connectivity index is 1.78. The quantitative estimate of drug-likeness (QED) is 0.867. The number of anilines is 1. The average molecular weight is 356 g/mol. The van der Waals surface area contributed by atoms with Crippen LogP contribution < -0.4 is 10.6 Å². The molecule has 2 aromatic rings. The van der Waals surface area contributed by atoms with Crippen molar-refractivity contribution < 1.29 is 8.42 Å². The lowest BCUT2D eigenvalue weighted by molar-refractivity contribution is 0.402. The fourth-order valence-electron chi connectivity index (χ4n) is 4.26. The number of sulfone groups is 1. The van der Waals surface area contributed by atoms with Crippen LogP contribution in [0.3, 0.4) is 0 Å². The van der Waals surface area contributed by atoms with Crippen LogP contribution in [0.5, 0.6) is 0 Å². The molecule has 0 bridgehead atoms. The predicted molar refractivity (Wildman–Crippen MR) is 99.7 cm³/mol. The summed E-state index contributed by atoms with van der Waals surface area (Å²) < 4.78 is 25.9. The molecule has 132 valence electrons. The molecular formula is C20H24N2O2S. The molecule has 0 amide bonds. The molecule has 0 aromatic heterocycles. The summed E-state index contributed by atoms with van der Waals surface area (Å²) in [4.78, 5) is 0.735. The van der Waals surface area contributed by atoms with Gasteiger partial charge in [0.05, 0.1) is 9.79 Å². The van der Waals surface area contributed by atoms with Crippen LogP contribution in [0.1, 0.15) is 25.3 Å². The molecule has 3 unspecified atom stereocenters. The maximum absolute atomic E-state index is 13.0. The van der Waals surface area contributed by atoms with Gasteiger partial charge in [-0.3, -0.25) is 0 Å². The highest BCUT2D eigenvalue weighted by Crippen LogP contribution is 2.45. The van der Waals surface area contributed by atoms with Gasteiger partial charge in [0.15, 0.2) is 0 Å². The highest BCUT2D eigenvalue weighted by atomic mass is 32.2. The van der Waals surface area contributed by atoms with E-state index in [9.17, 15) is 8.42 Å². The minimum Gasteiger partial charge on any atom is -0.381 e. The topological polar surface area (TPSA) is 58.2 Å². The first-order valence-electron chi connectivity index (χ1n) is 8.90. The van der Waals surface area contributed by atoms with E-state index in [-0.39, 0.29) is 0 Å². The maximum atomic E-state index is 13.0. The van der Waals surface area contributed by atoms with E-state index in [0.29, 0.717) is 33.6 Å². The van der Waals surface area contributed by atoms with Crippen molar-refractivity contribution in [2.24, 2.45) is 11.8 Å². The summed E-state index contributed by atoms with van der Waals surface area (Å²) in [7, 11) is -3.48. The van der Waals surface area contributed by atoms with Crippen molar-refractivity contribution in [3.05, 3.63) is 54.1 Å². The van der Waals surface area contributed by atoms with Crippen LogP contribution >= 0.6 is 0 Å². The van der Waals surface area contributed by atoms with E-state index in [2.05, 4.69) is 24.5 Å². The second-order valence-electron chi connectivity index (χ2n) is 7.37. The van der Waals surface area contributed by atoms with Gasteiger partial charge >= 0.3 is 0 Å². The fourth-order valence-corrected chi connectivity index (χ4v) is 5.58. The molecule has 2 heterocycles. The molecule has 0 radical (unpaired) electrons. The lowest BCUT2D eigenvalue weighted by atomic mass is 9.81. The third-order valence-electron chi connectivity index (χ3n) is 5.61. The van der Waals surface area contributed by atoms with Crippen LogP contribution in [0.2, 0.25) is 0 Å². The van der Waals surface area contributed by atoms with E-state index in [1.54, 1.807) is 30.3 Å². The third kappa shape index (κ3) is 2.75. The predicted octanol–water partition coefficient (Wildman–Crippen LogP) is 3.27. The van der Waals surface area contributed by atoms with Crippen LogP contribution in [-0.2, 0) is 9.84 Å². The van der Waals surface area contributed by atoms with E-state index in [4.69, 9.17) is 0 Å². The van der Waals surface area contributed by atoms with Crippen molar-refractivity contribution in [3.8, 4) is 0 Å². The van der Waals surface area contributed by atoms with E-state index in [1.807, 2.05) is 18.2 Å². The Morgan fingerprint density at radius 3 is 2.40 bits per heavy atom. The highest BCUT2D eigenvalue weighted by Gasteiger charge is 2.40. The van der Waals surface area contributed by atoms with Gasteiger partial charge < -0.3 is 10.6 Å². The molecule has 25 heavy (non-hydrogen) atoms. The van der Waals surface area contributed by atoms with Crippen LogP contribution in [0.25, 0.3) is 0 Å². The molecule has 5 heteroatoms. The molecule has 0 spiro atoms. The Morgan fingerprint density at radius 2 is 1.64 bits per heavy atom. The minimum atomic E-state index is -3.48. The Hall–Kier alpha value is -1.85. The molecule has 4 rings (SSSR count). The van der Waals surface area contributed by atoms with E-state index in [0.717, 1.165) is 24.3 Å². The normalized spacial score (nSPS) is 28.6. The molecule has 2 N–H and O–H groups in total. The van der Waals surface area contributed by atoms with E-state index >= 15 is 0 Å². The summed E-state index contributed by atoms with van der Waals surface area (Å²) in [5.74, 6) is 1.29. The molecule has 2 aliphatic rings. The van der Waals surface area contributed by atoms with Crippen molar-refractivity contribution in [2.45, 2.75) is 35.6 Å². The molecule has 0 saturated carbocycles. The monoisotopic (exact) mass is 356 g/mol. The summed E-state index contributed by atoms with van der Waals surface area (Å²) >= 11 is 0. The van der Waals surface area contributed by atoms with Gasteiger partial charge in [-0.2, -0.15) is 0 Å². The van der Waals surface area contributed by atoms with Crippen molar-refractivity contribution in [1.29, 1.82) is 0 Å². The van der Waals surface area contributed by atoms with Gasteiger partial charge in [0.25, 0.3) is 0 Å². The van der Waals surface area contributed by atoms with Crippen LogP contribution in [0, 0.1) is 11.8 Å². The van der Waals surface area contributed by atoms with Gasteiger partial charge in [-0.1, -0.05) is 32.0 Å². The molecular weight excluding hydrogens is 332 g/mol. The Kier molecular flexibility index (Phi) is 4.08. The van der Waals surface area contributed by atoms with Gasteiger partial charge in [0.2, 0.25) is 9.84 Å². The number of hydrogen-bond acceptors (Lipinski definition) is 4. The first kappa shape index (κ1) is 16.6. The van der Waals surface area contributed by atoms with Crippen molar-refractivity contribution in [2.75, 3.05) is 18.4 Å². The zero-order valence-corrected chi connectivity index (χ0v) is 15.4. The van der Waals surface area contributed by atoms with Crippen LogP contribution in [0.4, 0.5) is 5.69 Å². The number of benzene rings is 2. The Bertz CT molecular complexity index is 880. The number of fused-ring (bicyclic) bond motifs is 3. The second-order valence-corrected chi connectivity index (χ2v) is 9.32. The SMILES string of the molecule is CC1CNCC(C)[C@@H]2c3cc(S(=O)(=O)c4ccccc4)ccc3NC12. The number of rotatable bonds is 2. The van der Waals surface area contributed by atoms with Gasteiger partial charge in [-0.15, -0.1) is 0 Å². The van der Waals surface area contributed by atoms with Crippen LogP contribution in [0.15, 0.2) is 58.3 Å². The van der Waals surface area contributed by atoms with Gasteiger partial charge in [-0.25, -0.2) is 8.42 Å². The maximum Gasteiger partial charge on any atom is 0.206 e. The van der Waals surface area contributed by atoms with Crippen molar-refractivity contribution in [3.63, 3.8) is 0 Å². The van der Waals surface area contributed by atoms with Crippen molar-refractivity contribution in [1.82, 2.24) is 5.32 Å². The largest absolute Gasteiger partial charge is 0.381 e. The lowest BCUT2D eigenvalue weighted by Gasteiger charge is -2.26. The van der Waals surface area contributed by atoms with E-state index in [1.165, 1.54) is 0 Å². The summed E-state index contributed by atoms with van der Waals surface area (Å²) in [5.41, 5.74) is 2.23. The van der Waals surface area contributed by atoms with Gasteiger partial charge in [0, 0.05) is 17.6 Å². The van der Waals surface area contributed by atoms with E-state index < -0.39 is 9.84 Å². The van der Waals surface area contributed by atoms with Crippen molar-refractivity contribution >= 4 is 15.5 Å². The van der Waals surface area contributed by atoms with Crippen LogP contribution in [-0.4, -0.2) is 27.5 Å². The third-order valence-corrected chi connectivity index (χ3v) is 7.38.